The zero-order valence-corrected chi connectivity index (χ0v) is 13.5. The molecule has 0 spiro atoms. The highest BCUT2D eigenvalue weighted by Crippen LogP contribution is 2.23. The largest absolute Gasteiger partial charge is 0.366 e. The quantitative estimate of drug-likeness (QED) is 0.921. The molecule has 1 aromatic carbocycles. The Morgan fingerprint density at radius 2 is 2.00 bits per heavy atom. The molecular weight excluding hydrogens is 258 g/mol. The molecule has 1 N–H and O–H groups in total. The molecule has 0 saturated carbocycles. The van der Waals surface area contributed by atoms with E-state index in [1.54, 1.807) is 0 Å². The van der Waals surface area contributed by atoms with Crippen molar-refractivity contribution in [1.29, 1.82) is 0 Å². The molecule has 1 unspecified atom stereocenters. The van der Waals surface area contributed by atoms with Crippen LogP contribution in [0.15, 0.2) is 24.3 Å². The second-order valence-electron chi connectivity index (χ2n) is 6.83. The molecule has 0 radical (unpaired) electrons. The zero-order valence-electron chi connectivity index (χ0n) is 13.5. The van der Waals surface area contributed by atoms with E-state index in [1.807, 2.05) is 0 Å². The minimum Gasteiger partial charge on any atom is -0.366 e. The Balaban J connectivity index is 1.56. The number of benzene rings is 1. The van der Waals surface area contributed by atoms with Crippen LogP contribution in [0, 0.1) is 12.8 Å². The molecule has 2 aliphatic rings. The average molecular weight is 287 g/mol. The lowest BCUT2D eigenvalue weighted by Crippen LogP contribution is -2.53. The lowest BCUT2D eigenvalue weighted by atomic mass is 9.97. The van der Waals surface area contributed by atoms with Crippen LogP contribution in [0.2, 0.25) is 0 Å². The van der Waals surface area contributed by atoms with Gasteiger partial charge in [-0.15, -0.1) is 0 Å². The van der Waals surface area contributed by atoms with Crippen molar-refractivity contribution in [2.75, 3.05) is 44.2 Å². The Labute approximate surface area is 129 Å². The van der Waals surface area contributed by atoms with Crippen LogP contribution in [-0.2, 0) is 0 Å². The molecule has 2 heterocycles. The summed E-state index contributed by atoms with van der Waals surface area (Å²) in [5.74, 6) is 0.906. The van der Waals surface area contributed by atoms with E-state index in [9.17, 15) is 0 Å². The van der Waals surface area contributed by atoms with Gasteiger partial charge < -0.3 is 10.2 Å². The van der Waals surface area contributed by atoms with Gasteiger partial charge in [-0.1, -0.05) is 12.1 Å². The number of nitrogens with one attached hydrogen (secondary N) is 1. The van der Waals surface area contributed by atoms with Gasteiger partial charge in [-0.2, -0.15) is 0 Å². The number of piperazine rings is 1. The first kappa shape index (κ1) is 14.9. The zero-order chi connectivity index (χ0) is 14.7. The third-order valence-corrected chi connectivity index (χ3v) is 5.02. The molecule has 116 valence electrons. The van der Waals surface area contributed by atoms with Crippen molar-refractivity contribution >= 4 is 5.69 Å². The highest BCUT2D eigenvalue weighted by molar-refractivity contribution is 5.49. The van der Waals surface area contributed by atoms with E-state index in [0.717, 1.165) is 12.5 Å². The molecule has 3 nitrogen and oxygen atoms in total. The van der Waals surface area contributed by atoms with E-state index in [-0.39, 0.29) is 0 Å². The maximum Gasteiger partial charge on any atom is 0.0389 e. The summed E-state index contributed by atoms with van der Waals surface area (Å²) >= 11 is 0. The van der Waals surface area contributed by atoms with E-state index in [2.05, 4.69) is 53.2 Å². The van der Waals surface area contributed by atoms with Crippen molar-refractivity contribution in [2.24, 2.45) is 5.92 Å². The van der Waals surface area contributed by atoms with Gasteiger partial charge in [0.25, 0.3) is 0 Å². The van der Waals surface area contributed by atoms with Gasteiger partial charge in [-0.3, -0.25) is 4.90 Å². The lowest BCUT2D eigenvalue weighted by Gasteiger charge is -2.42. The number of hydrogen-bond acceptors (Lipinski definition) is 3. The summed E-state index contributed by atoms with van der Waals surface area (Å²) < 4.78 is 0. The highest BCUT2D eigenvalue weighted by Gasteiger charge is 2.26. The lowest BCUT2D eigenvalue weighted by molar-refractivity contribution is 0.178. The fraction of sp³-hybridized carbons (Fsp3) is 0.667. The third kappa shape index (κ3) is 3.78. The van der Waals surface area contributed by atoms with Gasteiger partial charge in [0.1, 0.15) is 0 Å². The summed E-state index contributed by atoms with van der Waals surface area (Å²) in [5, 5.41) is 3.47. The monoisotopic (exact) mass is 287 g/mol. The van der Waals surface area contributed by atoms with Crippen molar-refractivity contribution in [1.82, 2.24) is 10.2 Å². The molecule has 21 heavy (non-hydrogen) atoms. The second kappa shape index (κ2) is 6.80. The van der Waals surface area contributed by atoms with E-state index in [0.29, 0.717) is 6.04 Å². The minimum atomic E-state index is 0.613. The summed E-state index contributed by atoms with van der Waals surface area (Å²) in [6, 6.07) is 9.55. The van der Waals surface area contributed by atoms with Crippen LogP contribution < -0.4 is 10.2 Å². The summed E-state index contributed by atoms with van der Waals surface area (Å²) in [5.41, 5.74) is 2.75. The topological polar surface area (TPSA) is 18.5 Å². The smallest absolute Gasteiger partial charge is 0.0389 e. The van der Waals surface area contributed by atoms with Crippen molar-refractivity contribution in [2.45, 2.75) is 32.7 Å². The molecular formula is C18H29N3. The molecule has 0 bridgehead atoms. The first-order chi connectivity index (χ1) is 10.2. The average Bonchev–Trinajstić information content (AvgIpc) is 2.48. The molecule has 2 fully saturated rings. The summed E-state index contributed by atoms with van der Waals surface area (Å²) in [7, 11) is 0. The molecule has 3 rings (SSSR count). The fourth-order valence-corrected chi connectivity index (χ4v) is 3.82. The van der Waals surface area contributed by atoms with Crippen LogP contribution in [-0.4, -0.2) is 50.2 Å². The fourth-order valence-electron chi connectivity index (χ4n) is 3.82. The van der Waals surface area contributed by atoms with E-state index < -0.39 is 0 Å². The van der Waals surface area contributed by atoms with Crippen molar-refractivity contribution in [3.63, 3.8) is 0 Å². The van der Waals surface area contributed by atoms with E-state index in [4.69, 9.17) is 0 Å². The van der Waals surface area contributed by atoms with Crippen LogP contribution in [0.5, 0.6) is 0 Å². The van der Waals surface area contributed by atoms with Crippen LogP contribution >= 0.6 is 0 Å². The molecule has 0 amide bonds. The van der Waals surface area contributed by atoms with Crippen LogP contribution in [0.3, 0.4) is 0 Å². The standard InChI is InChI=1S/C18H29N3/c1-15-4-3-5-18(12-15)21-11-10-20(13-16(21)2)14-17-6-8-19-9-7-17/h3-5,12,16-17,19H,6-11,13-14H2,1-2H3. The Bertz CT molecular complexity index is 454. The molecule has 2 aliphatic heterocycles. The van der Waals surface area contributed by atoms with Crippen LogP contribution in [0.4, 0.5) is 5.69 Å². The number of hydrogen-bond donors (Lipinski definition) is 1. The van der Waals surface area contributed by atoms with Gasteiger partial charge in [-0.25, -0.2) is 0 Å². The van der Waals surface area contributed by atoms with Gasteiger partial charge in [0.2, 0.25) is 0 Å². The summed E-state index contributed by atoms with van der Waals surface area (Å²) in [4.78, 5) is 5.26. The maximum absolute atomic E-state index is 3.47. The third-order valence-electron chi connectivity index (χ3n) is 5.02. The Morgan fingerprint density at radius 1 is 1.19 bits per heavy atom. The van der Waals surface area contributed by atoms with Gasteiger partial charge in [0.05, 0.1) is 0 Å². The number of piperidine rings is 1. The second-order valence-corrected chi connectivity index (χ2v) is 6.83. The Kier molecular flexibility index (Phi) is 4.81. The predicted molar refractivity (Wildman–Crippen MR) is 90.0 cm³/mol. The maximum atomic E-state index is 3.47. The number of nitrogens with zero attached hydrogens (tertiary/aromatic N) is 2. The van der Waals surface area contributed by atoms with Crippen LogP contribution in [0.25, 0.3) is 0 Å². The molecule has 3 heteroatoms. The molecule has 1 aromatic rings. The Hall–Kier alpha value is -1.06. The number of aryl methyl sites for hydroxylation is 1. The number of anilines is 1. The van der Waals surface area contributed by atoms with Crippen molar-refractivity contribution < 1.29 is 0 Å². The van der Waals surface area contributed by atoms with E-state index in [1.165, 1.54) is 56.8 Å². The first-order valence-electron chi connectivity index (χ1n) is 8.49. The highest BCUT2D eigenvalue weighted by atomic mass is 15.3. The van der Waals surface area contributed by atoms with Crippen molar-refractivity contribution in [3.8, 4) is 0 Å². The first-order valence-corrected chi connectivity index (χ1v) is 8.49. The normalized spacial score (nSPS) is 25.2. The molecule has 2 saturated heterocycles. The van der Waals surface area contributed by atoms with Gasteiger partial charge >= 0.3 is 0 Å². The molecule has 0 aliphatic carbocycles. The van der Waals surface area contributed by atoms with Gasteiger partial charge in [-0.05, 0) is 63.4 Å². The predicted octanol–water partition coefficient (Wildman–Crippen LogP) is 2.51. The Morgan fingerprint density at radius 3 is 2.71 bits per heavy atom. The van der Waals surface area contributed by atoms with Gasteiger partial charge in [0.15, 0.2) is 0 Å². The summed E-state index contributed by atoms with van der Waals surface area (Å²) in [6.07, 6.45) is 2.71. The van der Waals surface area contributed by atoms with Crippen molar-refractivity contribution in [3.05, 3.63) is 29.8 Å². The number of rotatable bonds is 3. The SMILES string of the molecule is Cc1cccc(N2CCN(CC3CCNCC3)CC2C)c1. The van der Waals surface area contributed by atoms with E-state index >= 15 is 0 Å². The molecule has 1 atom stereocenters. The van der Waals surface area contributed by atoms with Crippen LogP contribution in [0.1, 0.15) is 25.3 Å². The minimum absolute atomic E-state index is 0.613. The summed E-state index contributed by atoms with van der Waals surface area (Å²) in [6.45, 7) is 11.9. The molecule has 0 aromatic heterocycles. The van der Waals surface area contributed by atoms with Gasteiger partial charge in [0, 0.05) is 37.9 Å².